The van der Waals surface area contributed by atoms with Gasteiger partial charge in [-0.1, -0.05) is 19.9 Å². The molecule has 3 N–H and O–H groups in total. The van der Waals surface area contributed by atoms with Crippen LogP contribution in [-0.2, 0) is 6.54 Å². The van der Waals surface area contributed by atoms with Crippen LogP contribution in [0, 0.1) is 17.1 Å². The molecule has 0 fully saturated rings. The SMILES string of the molecule is COc1ccc(CN(CCC(=N)N)CC(C)C)c(F)c1. The summed E-state index contributed by atoms with van der Waals surface area (Å²) in [5.41, 5.74) is 6.03. The molecule has 4 nitrogen and oxygen atoms in total. The lowest BCUT2D eigenvalue weighted by molar-refractivity contribution is 0.239. The molecule has 20 heavy (non-hydrogen) atoms. The molecule has 1 aromatic carbocycles. The molecule has 5 heteroatoms. The van der Waals surface area contributed by atoms with E-state index in [4.69, 9.17) is 15.9 Å². The van der Waals surface area contributed by atoms with Crippen LogP contribution in [0.15, 0.2) is 18.2 Å². The average Bonchev–Trinajstić information content (AvgIpc) is 2.37. The molecule has 0 spiro atoms. The Hall–Kier alpha value is -1.62. The van der Waals surface area contributed by atoms with Crippen LogP contribution in [0.4, 0.5) is 4.39 Å². The Balaban J connectivity index is 2.74. The van der Waals surface area contributed by atoms with E-state index in [1.165, 1.54) is 13.2 Å². The van der Waals surface area contributed by atoms with Crippen LogP contribution in [0.2, 0.25) is 0 Å². The van der Waals surface area contributed by atoms with Crippen LogP contribution >= 0.6 is 0 Å². The number of hydrogen-bond donors (Lipinski definition) is 2. The molecule has 0 unspecified atom stereocenters. The average molecular weight is 281 g/mol. The summed E-state index contributed by atoms with van der Waals surface area (Å²) in [6, 6.07) is 4.90. The number of nitrogens with zero attached hydrogens (tertiary/aromatic N) is 1. The second kappa shape index (κ2) is 7.85. The quantitative estimate of drug-likeness (QED) is 0.569. The van der Waals surface area contributed by atoms with E-state index < -0.39 is 0 Å². The minimum absolute atomic E-state index is 0.161. The molecule has 1 aromatic rings. The Labute approximate surface area is 120 Å². The molecule has 0 heterocycles. The van der Waals surface area contributed by atoms with Gasteiger partial charge in [0.1, 0.15) is 11.6 Å². The van der Waals surface area contributed by atoms with Crippen LogP contribution < -0.4 is 10.5 Å². The second-order valence-corrected chi connectivity index (χ2v) is 5.36. The standard InChI is InChI=1S/C15H24FN3O/c1-11(2)9-19(7-6-15(17)18)10-12-4-5-13(20-3)8-14(12)16/h4-5,8,11H,6-7,9-10H2,1-3H3,(H3,17,18). The van der Waals surface area contributed by atoms with Gasteiger partial charge in [0.25, 0.3) is 0 Å². The number of methoxy groups -OCH3 is 1. The molecule has 0 radical (unpaired) electrons. The summed E-state index contributed by atoms with van der Waals surface area (Å²) >= 11 is 0. The molecule has 0 aliphatic rings. The maximum absolute atomic E-state index is 14.0. The molecule has 0 aliphatic heterocycles. The molecule has 0 amide bonds. The Morgan fingerprint density at radius 3 is 2.65 bits per heavy atom. The zero-order chi connectivity index (χ0) is 15.1. The predicted octanol–water partition coefficient (Wildman–Crippen LogP) is 2.62. The van der Waals surface area contributed by atoms with Crippen molar-refractivity contribution in [3.63, 3.8) is 0 Å². The number of rotatable bonds is 8. The van der Waals surface area contributed by atoms with E-state index >= 15 is 0 Å². The number of nitrogens with two attached hydrogens (primary N) is 1. The fraction of sp³-hybridized carbons (Fsp3) is 0.533. The highest BCUT2D eigenvalue weighted by molar-refractivity contribution is 5.76. The van der Waals surface area contributed by atoms with E-state index in [-0.39, 0.29) is 11.7 Å². The minimum Gasteiger partial charge on any atom is -0.497 e. The molecular formula is C15H24FN3O. The highest BCUT2D eigenvalue weighted by Crippen LogP contribution is 2.18. The van der Waals surface area contributed by atoms with Gasteiger partial charge in [-0.15, -0.1) is 0 Å². The van der Waals surface area contributed by atoms with E-state index in [1.807, 2.05) is 0 Å². The lowest BCUT2D eigenvalue weighted by Crippen LogP contribution is -2.31. The summed E-state index contributed by atoms with van der Waals surface area (Å²) < 4.78 is 19.0. The summed E-state index contributed by atoms with van der Waals surface area (Å²) in [4.78, 5) is 2.12. The predicted molar refractivity (Wildman–Crippen MR) is 79.6 cm³/mol. The number of halogens is 1. The summed E-state index contributed by atoms with van der Waals surface area (Å²) in [5, 5.41) is 7.31. The highest BCUT2D eigenvalue weighted by atomic mass is 19.1. The number of benzene rings is 1. The van der Waals surface area contributed by atoms with Gasteiger partial charge in [-0.05, 0) is 12.0 Å². The first-order valence-corrected chi connectivity index (χ1v) is 6.80. The van der Waals surface area contributed by atoms with Gasteiger partial charge < -0.3 is 10.5 Å². The smallest absolute Gasteiger partial charge is 0.131 e. The van der Waals surface area contributed by atoms with Gasteiger partial charge in [0, 0.05) is 37.7 Å². The van der Waals surface area contributed by atoms with Gasteiger partial charge in [0.15, 0.2) is 0 Å². The third-order valence-corrected chi connectivity index (χ3v) is 2.97. The van der Waals surface area contributed by atoms with E-state index in [0.717, 1.165) is 6.54 Å². The lowest BCUT2D eigenvalue weighted by atomic mass is 10.1. The van der Waals surface area contributed by atoms with Gasteiger partial charge in [-0.25, -0.2) is 4.39 Å². The Bertz CT molecular complexity index is 449. The molecule has 112 valence electrons. The van der Waals surface area contributed by atoms with Crippen molar-refractivity contribution in [2.75, 3.05) is 20.2 Å². The molecule has 0 aromatic heterocycles. The van der Waals surface area contributed by atoms with Crippen LogP contribution in [0.5, 0.6) is 5.75 Å². The van der Waals surface area contributed by atoms with Crippen molar-refractivity contribution in [3.8, 4) is 5.75 Å². The van der Waals surface area contributed by atoms with Crippen molar-refractivity contribution in [2.45, 2.75) is 26.8 Å². The van der Waals surface area contributed by atoms with Crippen LogP contribution in [0.3, 0.4) is 0 Å². The summed E-state index contributed by atoms with van der Waals surface area (Å²) in [7, 11) is 1.52. The van der Waals surface area contributed by atoms with Gasteiger partial charge in [0.2, 0.25) is 0 Å². The summed E-state index contributed by atoms with van der Waals surface area (Å²) in [5.74, 6) is 0.892. The number of ether oxygens (including phenoxy) is 1. The monoisotopic (exact) mass is 281 g/mol. The second-order valence-electron chi connectivity index (χ2n) is 5.36. The van der Waals surface area contributed by atoms with E-state index in [9.17, 15) is 4.39 Å². The van der Waals surface area contributed by atoms with E-state index in [2.05, 4.69) is 18.7 Å². The molecule has 0 atom stereocenters. The van der Waals surface area contributed by atoms with E-state index in [0.29, 0.717) is 36.7 Å². The summed E-state index contributed by atoms with van der Waals surface area (Å²) in [6.45, 7) is 6.26. The normalized spacial score (nSPS) is 11.1. The van der Waals surface area contributed by atoms with Crippen LogP contribution in [-0.4, -0.2) is 30.9 Å². The lowest BCUT2D eigenvalue weighted by Gasteiger charge is -2.24. The minimum atomic E-state index is -0.263. The van der Waals surface area contributed by atoms with Crippen molar-refractivity contribution in [3.05, 3.63) is 29.6 Å². The zero-order valence-corrected chi connectivity index (χ0v) is 12.4. The van der Waals surface area contributed by atoms with Crippen LogP contribution in [0.1, 0.15) is 25.8 Å². The van der Waals surface area contributed by atoms with Crippen molar-refractivity contribution in [2.24, 2.45) is 11.7 Å². The van der Waals surface area contributed by atoms with Gasteiger partial charge in [0.05, 0.1) is 12.9 Å². The first-order valence-electron chi connectivity index (χ1n) is 6.80. The van der Waals surface area contributed by atoms with Crippen molar-refractivity contribution >= 4 is 5.84 Å². The van der Waals surface area contributed by atoms with Crippen molar-refractivity contribution < 1.29 is 9.13 Å². The van der Waals surface area contributed by atoms with Crippen LogP contribution in [0.25, 0.3) is 0 Å². The molecule has 0 bridgehead atoms. The third-order valence-electron chi connectivity index (χ3n) is 2.97. The maximum Gasteiger partial charge on any atom is 0.131 e. The number of amidine groups is 1. The number of hydrogen-bond acceptors (Lipinski definition) is 3. The number of nitrogens with one attached hydrogen (secondary N) is 1. The Kier molecular flexibility index (Phi) is 6.45. The van der Waals surface area contributed by atoms with Gasteiger partial charge in [-0.2, -0.15) is 0 Å². The fourth-order valence-corrected chi connectivity index (χ4v) is 2.05. The zero-order valence-electron chi connectivity index (χ0n) is 12.4. The Morgan fingerprint density at radius 1 is 1.45 bits per heavy atom. The van der Waals surface area contributed by atoms with Crippen molar-refractivity contribution in [1.82, 2.24) is 4.90 Å². The fourth-order valence-electron chi connectivity index (χ4n) is 2.05. The molecular weight excluding hydrogens is 257 g/mol. The van der Waals surface area contributed by atoms with Crippen molar-refractivity contribution in [1.29, 1.82) is 5.41 Å². The van der Waals surface area contributed by atoms with Gasteiger partial charge in [-0.3, -0.25) is 10.3 Å². The summed E-state index contributed by atoms with van der Waals surface area (Å²) in [6.07, 6.45) is 0.504. The third kappa shape index (κ3) is 5.57. The molecule has 0 saturated carbocycles. The maximum atomic E-state index is 14.0. The van der Waals surface area contributed by atoms with Gasteiger partial charge >= 0.3 is 0 Å². The topological polar surface area (TPSA) is 62.3 Å². The molecule has 1 rings (SSSR count). The first-order chi connectivity index (χ1) is 9.42. The first kappa shape index (κ1) is 16.4. The largest absolute Gasteiger partial charge is 0.497 e. The van der Waals surface area contributed by atoms with E-state index in [1.54, 1.807) is 12.1 Å². The molecule has 0 aliphatic carbocycles. The molecule has 0 saturated heterocycles. The Morgan fingerprint density at radius 2 is 2.15 bits per heavy atom. The highest BCUT2D eigenvalue weighted by Gasteiger charge is 2.12.